The van der Waals surface area contributed by atoms with Crippen molar-refractivity contribution < 1.29 is 23.4 Å². The SMILES string of the molecule is CCOC(=O)C1=C(C)N=c2s/c(=C/c3cc(Br)c(Sc4ccccc4)o3)c(=O)n2[C@H]1c1ccc2c(c1)OCO2. The zero-order chi connectivity index (χ0) is 27.1. The molecule has 0 spiro atoms. The normalized spacial score (nSPS) is 16.3. The van der Waals surface area contributed by atoms with Crippen molar-refractivity contribution in [3.8, 4) is 11.5 Å². The molecule has 0 fully saturated rings. The number of benzene rings is 2. The lowest BCUT2D eigenvalue weighted by Crippen LogP contribution is -2.39. The highest BCUT2D eigenvalue weighted by Gasteiger charge is 2.34. The van der Waals surface area contributed by atoms with Crippen molar-refractivity contribution >= 4 is 51.1 Å². The summed E-state index contributed by atoms with van der Waals surface area (Å²) in [6.07, 6.45) is 1.70. The van der Waals surface area contributed by atoms with E-state index in [4.69, 9.17) is 18.6 Å². The van der Waals surface area contributed by atoms with Crippen molar-refractivity contribution in [2.75, 3.05) is 13.4 Å². The fraction of sp³-hybridized carbons (Fsp3) is 0.179. The molecular formula is C28H21BrN2O6S2. The van der Waals surface area contributed by atoms with E-state index in [1.54, 1.807) is 32.1 Å². The second-order valence-electron chi connectivity index (χ2n) is 8.61. The summed E-state index contributed by atoms with van der Waals surface area (Å²) in [7, 11) is 0. The Morgan fingerprint density at radius 2 is 2.00 bits per heavy atom. The van der Waals surface area contributed by atoms with Crippen LogP contribution in [0.25, 0.3) is 6.08 Å². The number of aromatic nitrogens is 1. The predicted octanol–water partition coefficient (Wildman–Crippen LogP) is 5.03. The van der Waals surface area contributed by atoms with Gasteiger partial charge in [-0.05, 0) is 65.7 Å². The Balaban J connectivity index is 1.46. The molecule has 198 valence electrons. The highest BCUT2D eigenvalue weighted by molar-refractivity contribution is 9.10. The van der Waals surface area contributed by atoms with Crippen LogP contribution in [0.2, 0.25) is 0 Å². The number of hydrogen-bond acceptors (Lipinski definition) is 9. The smallest absolute Gasteiger partial charge is 0.338 e. The third-order valence-electron chi connectivity index (χ3n) is 6.13. The number of esters is 1. The molecule has 39 heavy (non-hydrogen) atoms. The molecule has 2 aromatic heterocycles. The highest BCUT2D eigenvalue weighted by atomic mass is 79.9. The van der Waals surface area contributed by atoms with E-state index < -0.39 is 12.0 Å². The summed E-state index contributed by atoms with van der Waals surface area (Å²) in [5.74, 6) is 1.16. The maximum Gasteiger partial charge on any atom is 0.338 e. The molecule has 0 saturated heterocycles. The maximum absolute atomic E-state index is 13.8. The topological polar surface area (TPSA) is 92.3 Å². The van der Waals surface area contributed by atoms with E-state index in [0.29, 0.717) is 48.5 Å². The molecule has 0 amide bonds. The number of thiazole rings is 1. The van der Waals surface area contributed by atoms with E-state index in [9.17, 15) is 9.59 Å². The van der Waals surface area contributed by atoms with Crippen LogP contribution >= 0.6 is 39.0 Å². The van der Waals surface area contributed by atoms with Crippen molar-refractivity contribution in [3.05, 3.63) is 101 Å². The third-order valence-corrected chi connectivity index (χ3v) is 8.96. The molecule has 6 rings (SSSR count). The summed E-state index contributed by atoms with van der Waals surface area (Å²) in [5, 5.41) is 0.680. The van der Waals surface area contributed by atoms with Gasteiger partial charge < -0.3 is 18.6 Å². The summed E-state index contributed by atoms with van der Waals surface area (Å²) >= 11 is 6.28. The van der Waals surface area contributed by atoms with Gasteiger partial charge in [0.15, 0.2) is 21.4 Å². The van der Waals surface area contributed by atoms with Crippen molar-refractivity contribution in [3.63, 3.8) is 0 Å². The summed E-state index contributed by atoms with van der Waals surface area (Å²) in [6, 6.07) is 16.3. The molecule has 0 bridgehead atoms. The molecule has 0 unspecified atom stereocenters. The molecule has 1 atom stereocenters. The minimum atomic E-state index is -0.746. The first-order valence-corrected chi connectivity index (χ1v) is 14.5. The number of furan rings is 1. The van der Waals surface area contributed by atoms with E-state index in [1.807, 2.05) is 42.5 Å². The number of rotatable bonds is 6. The molecule has 2 aliphatic rings. The van der Waals surface area contributed by atoms with Crippen LogP contribution < -0.4 is 24.4 Å². The summed E-state index contributed by atoms with van der Waals surface area (Å²) < 4.78 is 25.2. The average molecular weight is 626 g/mol. The lowest BCUT2D eigenvalue weighted by atomic mass is 9.95. The fourth-order valence-corrected chi connectivity index (χ4v) is 6.80. The lowest BCUT2D eigenvalue weighted by molar-refractivity contribution is -0.139. The van der Waals surface area contributed by atoms with Gasteiger partial charge in [-0.15, -0.1) is 0 Å². The third kappa shape index (κ3) is 4.86. The Hall–Kier alpha value is -3.54. The van der Waals surface area contributed by atoms with Gasteiger partial charge in [-0.1, -0.05) is 47.4 Å². The van der Waals surface area contributed by atoms with Gasteiger partial charge in [-0.3, -0.25) is 9.36 Å². The molecule has 4 heterocycles. The van der Waals surface area contributed by atoms with Gasteiger partial charge in [-0.25, -0.2) is 9.79 Å². The van der Waals surface area contributed by atoms with E-state index in [0.717, 1.165) is 9.37 Å². The second kappa shape index (κ2) is 10.6. The molecule has 0 radical (unpaired) electrons. The summed E-state index contributed by atoms with van der Waals surface area (Å²) in [4.78, 5) is 33.1. The first-order chi connectivity index (χ1) is 18.9. The van der Waals surface area contributed by atoms with Crippen molar-refractivity contribution in [2.24, 2.45) is 4.99 Å². The molecule has 8 nitrogen and oxygen atoms in total. The average Bonchev–Trinajstić information content (AvgIpc) is 3.61. The molecule has 0 saturated carbocycles. The van der Waals surface area contributed by atoms with Crippen LogP contribution in [-0.4, -0.2) is 23.9 Å². The fourth-order valence-electron chi connectivity index (χ4n) is 4.42. The number of halogens is 1. The number of nitrogens with zero attached hydrogens (tertiary/aromatic N) is 2. The van der Waals surface area contributed by atoms with E-state index in [-0.39, 0.29) is 19.0 Å². The number of allylic oxidation sites excluding steroid dienone is 1. The van der Waals surface area contributed by atoms with Crippen molar-refractivity contribution in [1.29, 1.82) is 0 Å². The minimum absolute atomic E-state index is 0.115. The lowest BCUT2D eigenvalue weighted by Gasteiger charge is -2.24. The zero-order valence-corrected chi connectivity index (χ0v) is 24.0. The number of carbonyl (C=O) groups is 1. The van der Waals surface area contributed by atoms with Gasteiger partial charge in [0.2, 0.25) is 6.79 Å². The number of fused-ring (bicyclic) bond motifs is 2. The maximum atomic E-state index is 13.8. The van der Waals surface area contributed by atoms with Crippen LogP contribution in [0.4, 0.5) is 0 Å². The monoisotopic (exact) mass is 624 g/mol. The van der Waals surface area contributed by atoms with Crippen LogP contribution in [0, 0.1) is 0 Å². The number of hydrogen-bond donors (Lipinski definition) is 0. The standard InChI is InChI=1S/C28H21BrN2O6S2/c1-3-34-26(33)23-15(2)30-28-31(24(23)16-9-10-20-21(11-16)36-14-35-20)25(32)22(39-28)13-17-12-19(29)27(37-17)38-18-7-5-4-6-8-18/h4-13,24H,3,14H2,1-2H3/b22-13+/t24-/m0/s1. The van der Waals surface area contributed by atoms with Crippen molar-refractivity contribution in [1.82, 2.24) is 4.57 Å². The Labute approximate surface area is 239 Å². The summed E-state index contributed by atoms with van der Waals surface area (Å²) in [5.41, 5.74) is 1.19. The molecule has 2 aliphatic heterocycles. The van der Waals surface area contributed by atoms with E-state index >= 15 is 0 Å². The van der Waals surface area contributed by atoms with Crippen LogP contribution in [0.3, 0.4) is 0 Å². The highest BCUT2D eigenvalue weighted by Crippen LogP contribution is 2.38. The van der Waals surface area contributed by atoms with Gasteiger partial charge in [0, 0.05) is 11.0 Å². The number of ether oxygens (including phenoxy) is 3. The van der Waals surface area contributed by atoms with Gasteiger partial charge in [0.05, 0.1) is 32.9 Å². The van der Waals surface area contributed by atoms with Gasteiger partial charge in [-0.2, -0.15) is 0 Å². The molecule has 0 aliphatic carbocycles. The molecule has 11 heteroatoms. The van der Waals surface area contributed by atoms with Crippen LogP contribution in [0.5, 0.6) is 11.5 Å². The van der Waals surface area contributed by atoms with Crippen LogP contribution in [-0.2, 0) is 9.53 Å². The molecule has 2 aromatic carbocycles. The molecule has 4 aromatic rings. The zero-order valence-electron chi connectivity index (χ0n) is 20.8. The minimum Gasteiger partial charge on any atom is -0.463 e. The van der Waals surface area contributed by atoms with E-state index in [1.165, 1.54) is 27.7 Å². The largest absolute Gasteiger partial charge is 0.463 e. The quantitative estimate of drug-likeness (QED) is 0.278. The van der Waals surface area contributed by atoms with Gasteiger partial charge >= 0.3 is 5.97 Å². The Morgan fingerprint density at radius 3 is 2.79 bits per heavy atom. The Bertz CT molecular complexity index is 1810. The van der Waals surface area contributed by atoms with Gasteiger partial charge in [0.25, 0.3) is 5.56 Å². The Morgan fingerprint density at radius 1 is 1.21 bits per heavy atom. The predicted molar refractivity (Wildman–Crippen MR) is 150 cm³/mol. The van der Waals surface area contributed by atoms with E-state index in [2.05, 4.69) is 20.9 Å². The van der Waals surface area contributed by atoms with Gasteiger partial charge in [0.1, 0.15) is 5.76 Å². The summed E-state index contributed by atoms with van der Waals surface area (Å²) in [6.45, 7) is 3.81. The first kappa shape index (κ1) is 25.7. The van der Waals surface area contributed by atoms with Crippen LogP contribution in [0.1, 0.15) is 31.2 Å². The second-order valence-corrected chi connectivity index (χ2v) is 11.5. The van der Waals surface area contributed by atoms with Crippen LogP contribution in [0.15, 0.2) is 94.5 Å². The number of carbonyl (C=O) groups excluding carboxylic acids is 1. The Kier molecular flexibility index (Phi) is 6.96. The molecule has 0 N–H and O–H groups in total. The molecular weight excluding hydrogens is 604 g/mol. The first-order valence-electron chi connectivity index (χ1n) is 12.0. The van der Waals surface area contributed by atoms with Crippen molar-refractivity contribution in [2.45, 2.75) is 29.9 Å².